The van der Waals surface area contributed by atoms with Gasteiger partial charge in [-0.25, -0.2) is 17.9 Å². The zero-order valence-corrected chi connectivity index (χ0v) is 13.5. The standard InChI is InChI=1S/C16H17FN2O3S/c1-10-7-8-12(9-15(10)23(18,21)22)16(20)19-11(2)13-5-3-4-6-14(13)17/h3-9,11H,1-2H3,(H,19,20)(H2,18,21,22)/t11-/m0/s1. The number of hydrogen-bond donors (Lipinski definition) is 2. The first-order chi connectivity index (χ1) is 10.7. The lowest BCUT2D eigenvalue weighted by Crippen LogP contribution is -2.27. The van der Waals surface area contributed by atoms with Crippen LogP contribution in [-0.4, -0.2) is 14.3 Å². The summed E-state index contributed by atoms with van der Waals surface area (Å²) in [5.74, 6) is -0.930. The molecule has 7 heteroatoms. The number of aryl methyl sites for hydroxylation is 1. The summed E-state index contributed by atoms with van der Waals surface area (Å²) in [5, 5.41) is 7.77. The van der Waals surface area contributed by atoms with Crippen molar-refractivity contribution in [2.24, 2.45) is 5.14 Å². The number of halogens is 1. The third-order valence-electron chi connectivity index (χ3n) is 3.48. The van der Waals surface area contributed by atoms with Crippen LogP contribution in [0.4, 0.5) is 4.39 Å². The van der Waals surface area contributed by atoms with E-state index in [1.165, 1.54) is 24.3 Å². The van der Waals surface area contributed by atoms with Crippen molar-refractivity contribution in [1.29, 1.82) is 0 Å². The van der Waals surface area contributed by atoms with Crippen LogP contribution >= 0.6 is 0 Å². The molecule has 0 aromatic heterocycles. The number of nitrogens with one attached hydrogen (secondary N) is 1. The number of sulfonamides is 1. The summed E-state index contributed by atoms with van der Waals surface area (Å²) in [7, 11) is -3.92. The molecule has 122 valence electrons. The summed E-state index contributed by atoms with van der Waals surface area (Å²) in [6.45, 7) is 3.23. The van der Waals surface area contributed by atoms with E-state index in [0.29, 0.717) is 11.1 Å². The second-order valence-electron chi connectivity index (χ2n) is 5.24. The molecule has 3 N–H and O–H groups in total. The highest BCUT2D eigenvalue weighted by Crippen LogP contribution is 2.19. The van der Waals surface area contributed by atoms with Gasteiger partial charge in [-0.15, -0.1) is 0 Å². The fraction of sp³-hybridized carbons (Fsp3) is 0.188. The van der Waals surface area contributed by atoms with Crippen molar-refractivity contribution in [3.63, 3.8) is 0 Å². The minimum Gasteiger partial charge on any atom is -0.345 e. The molecule has 2 aromatic rings. The van der Waals surface area contributed by atoms with Gasteiger partial charge in [0.2, 0.25) is 10.0 Å². The Morgan fingerprint density at radius 3 is 2.48 bits per heavy atom. The molecule has 1 amide bonds. The van der Waals surface area contributed by atoms with Gasteiger partial charge in [-0.2, -0.15) is 0 Å². The topological polar surface area (TPSA) is 89.3 Å². The summed E-state index contributed by atoms with van der Waals surface area (Å²) in [6.07, 6.45) is 0. The monoisotopic (exact) mass is 336 g/mol. The zero-order valence-electron chi connectivity index (χ0n) is 12.7. The maximum absolute atomic E-state index is 13.7. The highest BCUT2D eigenvalue weighted by atomic mass is 32.2. The van der Waals surface area contributed by atoms with Crippen LogP contribution in [0.1, 0.15) is 34.5 Å². The van der Waals surface area contributed by atoms with E-state index in [-0.39, 0.29) is 10.5 Å². The summed E-state index contributed by atoms with van der Waals surface area (Å²) < 4.78 is 36.7. The van der Waals surface area contributed by atoms with Gasteiger partial charge in [-0.05, 0) is 37.6 Å². The summed E-state index contributed by atoms with van der Waals surface area (Å²) in [6, 6.07) is 9.76. The zero-order chi connectivity index (χ0) is 17.2. The number of hydrogen-bond acceptors (Lipinski definition) is 3. The van der Waals surface area contributed by atoms with Crippen molar-refractivity contribution in [1.82, 2.24) is 5.32 Å². The van der Waals surface area contributed by atoms with E-state index in [0.717, 1.165) is 0 Å². The Hall–Kier alpha value is -2.25. The molecular weight excluding hydrogens is 319 g/mol. The second kappa shape index (κ2) is 6.47. The molecule has 0 fully saturated rings. The second-order valence-corrected chi connectivity index (χ2v) is 6.77. The number of carbonyl (C=O) groups excluding carboxylic acids is 1. The van der Waals surface area contributed by atoms with E-state index in [2.05, 4.69) is 5.32 Å². The average Bonchev–Trinajstić information content (AvgIpc) is 2.46. The van der Waals surface area contributed by atoms with Crippen LogP contribution in [0, 0.1) is 12.7 Å². The molecule has 0 bridgehead atoms. The molecule has 0 spiro atoms. The molecular formula is C16H17FN2O3S. The van der Waals surface area contributed by atoms with Crippen molar-refractivity contribution in [3.05, 3.63) is 65.0 Å². The van der Waals surface area contributed by atoms with E-state index in [4.69, 9.17) is 5.14 Å². The number of amides is 1. The third-order valence-corrected chi connectivity index (χ3v) is 4.53. The number of benzene rings is 2. The molecule has 1 atom stereocenters. The lowest BCUT2D eigenvalue weighted by molar-refractivity contribution is 0.0939. The van der Waals surface area contributed by atoms with Crippen molar-refractivity contribution in [3.8, 4) is 0 Å². The summed E-state index contributed by atoms with van der Waals surface area (Å²) >= 11 is 0. The molecule has 0 radical (unpaired) electrons. The van der Waals surface area contributed by atoms with Crippen LogP contribution in [0.3, 0.4) is 0 Å². The van der Waals surface area contributed by atoms with Gasteiger partial charge in [0.05, 0.1) is 10.9 Å². The number of rotatable bonds is 4. The SMILES string of the molecule is Cc1ccc(C(=O)N[C@@H](C)c2ccccc2F)cc1S(N)(=O)=O. The first-order valence-corrected chi connectivity index (χ1v) is 8.43. The van der Waals surface area contributed by atoms with Crippen LogP contribution in [0.15, 0.2) is 47.4 Å². The maximum Gasteiger partial charge on any atom is 0.251 e. The van der Waals surface area contributed by atoms with Crippen molar-refractivity contribution in [2.75, 3.05) is 0 Å². The molecule has 0 heterocycles. The minimum absolute atomic E-state index is 0.108. The molecule has 0 aliphatic heterocycles. The molecule has 0 saturated carbocycles. The highest BCUT2D eigenvalue weighted by Gasteiger charge is 2.18. The maximum atomic E-state index is 13.7. The molecule has 2 aromatic carbocycles. The average molecular weight is 336 g/mol. The van der Waals surface area contributed by atoms with Gasteiger partial charge >= 0.3 is 0 Å². The first kappa shape index (κ1) is 17.1. The predicted octanol–water partition coefficient (Wildman–Crippen LogP) is 2.27. The van der Waals surface area contributed by atoms with Gasteiger partial charge in [-0.1, -0.05) is 24.3 Å². The quantitative estimate of drug-likeness (QED) is 0.897. The van der Waals surface area contributed by atoms with Gasteiger partial charge < -0.3 is 5.32 Å². The Kier molecular flexibility index (Phi) is 4.82. The van der Waals surface area contributed by atoms with Gasteiger partial charge in [0, 0.05) is 11.1 Å². The summed E-state index contributed by atoms with van der Waals surface area (Å²) in [4.78, 5) is 12.2. The van der Waals surface area contributed by atoms with Crippen LogP contribution < -0.4 is 10.5 Å². The number of nitrogens with two attached hydrogens (primary N) is 1. The first-order valence-electron chi connectivity index (χ1n) is 6.89. The Balaban J connectivity index is 2.27. The lowest BCUT2D eigenvalue weighted by atomic mass is 10.1. The normalized spacial score (nSPS) is 12.7. The molecule has 2 rings (SSSR count). The largest absolute Gasteiger partial charge is 0.345 e. The third kappa shape index (κ3) is 3.94. The molecule has 0 aliphatic carbocycles. The fourth-order valence-electron chi connectivity index (χ4n) is 2.23. The van der Waals surface area contributed by atoms with E-state index in [1.807, 2.05) is 0 Å². The highest BCUT2D eigenvalue weighted by molar-refractivity contribution is 7.89. The smallest absolute Gasteiger partial charge is 0.251 e. The van der Waals surface area contributed by atoms with E-state index < -0.39 is 27.8 Å². The minimum atomic E-state index is -3.92. The van der Waals surface area contributed by atoms with Gasteiger partial charge in [0.15, 0.2) is 0 Å². The molecule has 0 saturated heterocycles. The Morgan fingerprint density at radius 1 is 1.22 bits per heavy atom. The van der Waals surface area contributed by atoms with Crippen molar-refractivity contribution >= 4 is 15.9 Å². The van der Waals surface area contributed by atoms with Gasteiger partial charge in [-0.3, -0.25) is 4.79 Å². The van der Waals surface area contributed by atoms with Crippen molar-refractivity contribution in [2.45, 2.75) is 24.8 Å². The van der Waals surface area contributed by atoms with Crippen LogP contribution in [0.25, 0.3) is 0 Å². The predicted molar refractivity (Wildman–Crippen MR) is 84.8 cm³/mol. The molecule has 0 unspecified atom stereocenters. The fourth-order valence-corrected chi connectivity index (χ4v) is 3.04. The van der Waals surface area contributed by atoms with Crippen LogP contribution in [0.2, 0.25) is 0 Å². The van der Waals surface area contributed by atoms with E-state index in [1.54, 1.807) is 32.0 Å². The molecule has 23 heavy (non-hydrogen) atoms. The van der Waals surface area contributed by atoms with Crippen molar-refractivity contribution < 1.29 is 17.6 Å². The summed E-state index contributed by atoms with van der Waals surface area (Å²) in [5.41, 5.74) is 0.939. The van der Waals surface area contributed by atoms with E-state index in [9.17, 15) is 17.6 Å². The molecule has 5 nitrogen and oxygen atoms in total. The molecule has 0 aliphatic rings. The van der Waals surface area contributed by atoms with Gasteiger partial charge in [0.25, 0.3) is 5.91 Å². The number of primary sulfonamides is 1. The number of carbonyl (C=O) groups is 1. The van der Waals surface area contributed by atoms with Gasteiger partial charge in [0.1, 0.15) is 5.82 Å². The Bertz CT molecular complexity index is 850. The Morgan fingerprint density at radius 2 is 1.87 bits per heavy atom. The lowest BCUT2D eigenvalue weighted by Gasteiger charge is -2.15. The van der Waals surface area contributed by atoms with E-state index >= 15 is 0 Å². The van der Waals surface area contributed by atoms with Crippen LogP contribution in [0.5, 0.6) is 0 Å². The van der Waals surface area contributed by atoms with Crippen LogP contribution in [-0.2, 0) is 10.0 Å². The Labute approximate surface area is 134 Å².